The van der Waals surface area contributed by atoms with E-state index < -0.39 is 13.9 Å². The van der Waals surface area contributed by atoms with E-state index in [0.29, 0.717) is 24.1 Å². The summed E-state index contributed by atoms with van der Waals surface area (Å²) in [4.78, 5) is 23.1. The van der Waals surface area contributed by atoms with Gasteiger partial charge >= 0.3 is 13.8 Å². The number of nitrogens with zero attached hydrogens (tertiary/aromatic N) is 1. The summed E-state index contributed by atoms with van der Waals surface area (Å²) in [5.41, 5.74) is 0. The number of carbonyl (C=O) groups excluding carboxylic acids is 1. The molecule has 1 N–H and O–H groups in total. The van der Waals surface area contributed by atoms with Crippen LogP contribution in [0.25, 0.3) is 0 Å². The monoisotopic (exact) mass is 957 g/mol. The Labute approximate surface area is 411 Å². The van der Waals surface area contributed by atoms with Gasteiger partial charge < -0.3 is 18.9 Å². The highest BCUT2D eigenvalue weighted by Gasteiger charge is 2.26. The highest BCUT2D eigenvalue weighted by molar-refractivity contribution is 7.47. The summed E-state index contributed by atoms with van der Waals surface area (Å²) in [7, 11) is 1.69. The van der Waals surface area contributed by atoms with Crippen molar-refractivity contribution in [2.75, 3.05) is 54.1 Å². The molecule has 0 aromatic heterocycles. The zero-order chi connectivity index (χ0) is 48.3. The van der Waals surface area contributed by atoms with Gasteiger partial charge in [0, 0.05) is 13.0 Å². The van der Waals surface area contributed by atoms with E-state index in [2.05, 4.69) is 26.0 Å². The lowest BCUT2D eigenvalue weighted by Crippen LogP contribution is -2.37. The molecule has 0 saturated heterocycles. The maximum absolute atomic E-state index is 12.8. The number of quaternary nitrogens is 1. The second-order valence-corrected chi connectivity index (χ2v) is 22.5. The van der Waals surface area contributed by atoms with Crippen LogP contribution in [-0.4, -0.2) is 75.6 Å². The lowest BCUT2D eigenvalue weighted by Gasteiger charge is -2.24. The molecule has 2 atom stereocenters. The Balaban J connectivity index is 4.00. The molecule has 66 heavy (non-hydrogen) atoms. The predicted octanol–water partition coefficient (Wildman–Crippen LogP) is 18.1. The average Bonchev–Trinajstić information content (AvgIpc) is 3.28. The molecule has 0 rings (SSSR count). The van der Waals surface area contributed by atoms with Crippen molar-refractivity contribution >= 4 is 13.8 Å². The fourth-order valence-electron chi connectivity index (χ4n) is 8.61. The minimum absolute atomic E-state index is 0.0929. The van der Waals surface area contributed by atoms with Crippen LogP contribution in [0.3, 0.4) is 0 Å². The lowest BCUT2D eigenvalue weighted by molar-refractivity contribution is -0.870. The molecule has 0 bridgehead atoms. The van der Waals surface area contributed by atoms with Gasteiger partial charge in [-0.2, -0.15) is 0 Å². The second kappa shape index (κ2) is 50.6. The van der Waals surface area contributed by atoms with Crippen LogP contribution >= 0.6 is 7.82 Å². The number of phosphoric ester groups is 1. The fourth-order valence-corrected chi connectivity index (χ4v) is 9.35. The number of likely N-dealkylation sites (N-methyl/N-ethyl adjacent to an activating group) is 1. The molecule has 0 saturated carbocycles. The maximum atomic E-state index is 12.8. The number of phosphoric acid groups is 1. The van der Waals surface area contributed by atoms with Crippen LogP contribution in [0.2, 0.25) is 0 Å². The van der Waals surface area contributed by atoms with Crippen LogP contribution in [0.15, 0.2) is 12.2 Å². The Hall–Kier alpha value is -0.760. The van der Waals surface area contributed by atoms with E-state index >= 15 is 0 Å². The van der Waals surface area contributed by atoms with Crippen molar-refractivity contribution in [3.8, 4) is 0 Å². The van der Waals surface area contributed by atoms with E-state index in [0.717, 1.165) is 32.1 Å². The molecule has 0 aromatic rings. The van der Waals surface area contributed by atoms with Crippen molar-refractivity contribution in [3.63, 3.8) is 0 Å². The van der Waals surface area contributed by atoms with Gasteiger partial charge in [0.25, 0.3) is 0 Å². The molecule has 0 aliphatic rings. The molecule has 0 heterocycles. The second-order valence-electron chi connectivity index (χ2n) is 21.0. The first-order valence-electron chi connectivity index (χ1n) is 28.9. The van der Waals surface area contributed by atoms with E-state index in [1.54, 1.807) is 0 Å². The highest BCUT2D eigenvalue weighted by Crippen LogP contribution is 2.43. The van der Waals surface area contributed by atoms with Gasteiger partial charge in [0.05, 0.1) is 34.4 Å². The number of hydrogen-bond donors (Lipinski definition) is 1. The van der Waals surface area contributed by atoms with Crippen molar-refractivity contribution in [2.45, 2.75) is 296 Å². The fraction of sp³-hybridized carbons (Fsp3) is 0.947. The summed E-state index contributed by atoms with van der Waals surface area (Å²) < 4.78 is 35.3. The Kier molecular flexibility index (Phi) is 50.0. The van der Waals surface area contributed by atoms with E-state index in [1.165, 1.54) is 238 Å². The standard InChI is InChI=1S/C57H114NO7P/c1-6-8-10-12-14-16-18-20-22-24-26-27-28-29-30-31-32-33-35-37-39-41-43-45-47-49-52-62-54-56(55-64-66(60,61)63-53-51-58(3,4)5)65-57(59)50-48-46-44-42-40-38-36-34-25-23-21-19-17-15-13-11-9-7-2/h24,26,56H,6-23,25,27-55H2,1-5H3/p+1/b26-24-. The number of esters is 1. The Morgan fingerprint density at radius 1 is 0.455 bits per heavy atom. The first-order valence-corrected chi connectivity index (χ1v) is 30.4. The van der Waals surface area contributed by atoms with Crippen molar-refractivity contribution in [2.24, 2.45) is 0 Å². The molecule has 0 aliphatic heterocycles. The molecule has 0 fully saturated rings. The van der Waals surface area contributed by atoms with Crippen LogP contribution in [0, 0.1) is 0 Å². The van der Waals surface area contributed by atoms with Crippen molar-refractivity contribution < 1.29 is 37.3 Å². The largest absolute Gasteiger partial charge is 0.472 e. The third-order valence-corrected chi connectivity index (χ3v) is 14.1. The van der Waals surface area contributed by atoms with Gasteiger partial charge in [-0.1, -0.05) is 257 Å². The molecule has 0 aromatic carbocycles. The normalized spacial score (nSPS) is 13.5. The number of rotatable bonds is 55. The lowest BCUT2D eigenvalue weighted by atomic mass is 10.0. The maximum Gasteiger partial charge on any atom is 0.472 e. The van der Waals surface area contributed by atoms with E-state index in [9.17, 15) is 14.3 Å². The van der Waals surface area contributed by atoms with Gasteiger partial charge in [0.1, 0.15) is 19.3 Å². The van der Waals surface area contributed by atoms with Gasteiger partial charge in [-0.25, -0.2) is 4.57 Å². The Morgan fingerprint density at radius 2 is 0.788 bits per heavy atom. The minimum Gasteiger partial charge on any atom is -0.457 e. The molecule has 394 valence electrons. The Bertz CT molecular complexity index is 1070. The van der Waals surface area contributed by atoms with Crippen LogP contribution < -0.4 is 0 Å². The molecule has 0 amide bonds. The molecule has 2 unspecified atom stereocenters. The van der Waals surface area contributed by atoms with Gasteiger partial charge in [-0.05, 0) is 38.5 Å². The van der Waals surface area contributed by atoms with Crippen LogP contribution in [0.1, 0.15) is 290 Å². The first-order chi connectivity index (χ1) is 32.1. The van der Waals surface area contributed by atoms with E-state index in [4.69, 9.17) is 18.5 Å². The highest BCUT2D eigenvalue weighted by atomic mass is 31.2. The predicted molar refractivity (Wildman–Crippen MR) is 284 cm³/mol. The zero-order valence-electron chi connectivity index (χ0n) is 45.0. The smallest absolute Gasteiger partial charge is 0.457 e. The van der Waals surface area contributed by atoms with Crippen molar-refractivity contribution in [3.05, 3.63) is 12.2 Å². The third-order valence-electron chi connectivity index (χ3n) is 13.1. The summed E-state index contributed by atoms with van der Waals surface area (Å²) in [6.07, 6.45) is 59.9. The molecule has 0 radical (unpaired) electrons. The van der Waals surface area contributed by atoms with Gasteiger partial charge in [-0.3, -0.25) is 13.8 Å². The molecular formula is C57H115NO7P+. The number of unbranched alkanes of at least 4 members (excludes halogenated alkanes) is 39. The topological polar surface area (TPSA) is 91.3 Å². The van der Waals surface area contributed by atoms with Crippen molar-refractivity contribution in [1.82, 2.24) is 0 Å². The number of hydrogen-bond acceptors (Lipinski definition) is 6. The molecule has 8 nitrogen and oxygen atoms in total. The third kappa shape index (κ3) is 54.2. The van der Waals surface area contributed by atoms with Crippen molar-refractivity contribution in [1.29, 1.82) is 0 Å². The van der Waals surface area contributed by atoms with E-state index in [-0.39, 0.29) is 25.8 Å². The van der Waals surface area contributed by atoms with E-state index in [1.807, 2.05) is 21.1 Å². The summed E-state index contributed by atoms with van der Waals surface area (Å²) in [5.74, 6) is -0.305. The van der Waals surface area contributed by atoms with Gasteiger partial charge in [0.2, 0.25) is 0 Å². The van der Waals surface area contributed by atoms with Crippen LogP contribution in [-0.2, 0) is 27.9 Å². The first kappa shape index (κ1) is 65.2. The SMILES string of the molecule is CCCCCCCCCC/C=C\CCCCCCCCCCCCCCCCOCC(COP(=O)(O)OCC[N+](C)(C)C)OC(=O)CCCCCCCCCCCCCCCCCCCC. The minimum atomic E-state index is -4.28. The molecular weight excluding hydrogens is 842 g/mol. The molecule has 9 heteroatoms. The summed E-state index contributed by atoms with van der Waals surface area (Å²) in [5, 5.41) is 0. The number of ether oxygens (including phenoxy) is 2. The average molecular weight is 958 g/mol. The number of allylic oxidation sites excluding steroid dienone is 2. The number of carbonyl (C=O) groups is 1. The van der Waals surface area contributed by atoms with Gasteiger partial charge in [0.15, 0.2) is 0 Å². The van der Waals surface area contributed by atoms with Crippen LogP contribution in [0.4, 0.5) is 0 Å². The molecule has 0 aliphatic carbocycles. The molecule has 0 spiro atoms. The summed E-state index contributed by atoms with van der Waals surface area (Å²) in [6.45, 7) is 5.70. The summed E-state index contributed by atoms with van der Waals surface area (Å²) in [6, 6.07) is 0. The quantitative estimate of drug-likeness (QED) is 0.0213. The van der Waals surface area contributed by atoms with Crippen LogP contribution in [0.5, 0.6) is 0 Å². The Morgan fingerprint density at radius 3 is 1.15 bits per heavy atom. The summed E-state index contributed by atoms with van der Waals surface area (Å²) >= 11 is 0. The van der Waals surface area contributed by atoms with Gasteiger partial charge in [-0.15, -0.1) is 0 Å². The zero-order valence-corrected chi connectivity index (χ0v) is 45.9.